The average molecular weight is 431 g/mol. The quantitative estimate of drug-likeness (QED) is 0.392. The molecule has 0 N–H and O–H groups in total. The molecule has 0 spiro atoms. The van der Waals surface area contributed by atoms with Crippen LogP contribution in [0.25, 0.3) is 5.03 Å². The summed E-state index contributed by atoms with van der Waals surface area (Å²) in [5.41, 5.74) is 3.97. The molecule has 0 aliphatic carbocycles. The van der Waals surface area contributed by atoms with Crippen LogP contribution in [0.1, 0.15) is 33.5 Å². The summed E-state index contributed by atoms with van der Waals surface area (Å²) in [4.78, 5) is 11.5. The highest BCUT2D eigenvalue weighted by Crippen LogP contribution is 2.51. The number of esters is 1. The third-order valence-electron chi connectivity index (χ3n) is 4.52. The van der Waals surface area contributed by atoms with Gasteiger partial charge in [0, 0.05) is 5.03 Å². The Morgan fingerprint density at radius 3 is 2.25 bits per heavy atom. The second-order valence-electron chi connectivity index (χ2n) is 6.53. The first kappa shape index (κ1) is 21.1. The molecule has 1 aliphatic rings. The van der Waals surface area contributed by atoms with Gasteiger partial charge in [0.15, 0.2) is 0 Å². The van der Waals surface area contributed by atoms with Gasteiger partial charge in [-0.25, -0.2) is 4.79 Å². The summed E-state index contributed by atoms with van der Waals surface area (Å²) in [6, 6.07) is 15.9. The van der Waals surface area contributed by atoms with Gasteiger partial charge in [-0.1, -0.05) is 65.7 Å². The van der Waals surface area contributed by atoms with Gasteiger partial charge in [-0.3, -0.25) is 0 Å². The summed E-state index contributed by atoms with van der Waals surface area (Å²) in [5.74, 6) is 1.95. The van der Waals surface area contributed by atoms with Crippen molar-refractivity contribution in [2.24, 2.45) is 0 Å². The van der Waals surface area contributed by atoms with Crippen molar-refractivity contribution < 1.29 is 9.53 Å². The van der Waals surface area contributed by atoms with E-state index in [4.69, 9.17) is 16.3 Å². The topological polar surface area (TPSA) is 26.3 Å². The van der Waals surface area contributed by atoms with E-state index in [9.17, 15) is 4.79 Å². The number of rotatable bonds is 5. The van der Waals surface area contributed by atoms with Crippen molar-refractivity contribution in [1.29, 1.82) is 0 Å². The highest BCUT2D eigenvalue weighted by atomic mass is 35.5. The number of aryl methyl sites for hydroxylation is 1. The van der Waals surface area contributed by atoms with E-state index in [1.54, 1.807) is 12.1 Å². The van der Waals surface area contributed by atoms with E-state index in [0.29, 0.717) is 10.6 Å². The molecule has 1 saturated heterocycles. The van der Waals surface area contributed by atoms with Crippen LogP contribution in [0.5, 0.6) is 0 Å². The smallest absolute Gasteiger partial charge is 0.337 e. The molecule has 2 aromatic rings. The molecule has 0 aromatic heterocycles. The van der Waals surface area contributed by atoms with Gasteiger partial charge in [0.25, 0.3) is 0 Å². The van der Waals surface area contributed by atoms with Crippen molar-refractivity contribution in [3.05, 3.63) is 89.0 Å². The molecule has 2 aromatic carbocycles. The first-order valence-corrected chi connectivity index (χ1v) is 11.5. The van der Waals surface area contributed by atoms with Gasteiger partial charge in [0.1, 0.15) is 4.08 Å². The predicted molar refractivity (Wildman–Crippen MR) is 123 cm³/mol. The maximum Gasteiger partial charge on any atom is 0.337 e. The van der Waals surface area contributed by atoms with Crippen molar-refractivity contribution in [3.8, 4) is 0 Å². The van der Waals surface area contributed by atoms with E-state index >= 15 is 0 Å². The standard InChI is InChI=1S/C23H23ClO2S2/c1-17-6-12-20(13-7-17)23(27-15-4-16-28-23)14-3-5-21(24)18-8-10-19(11-9-18)22(25)26-2/h3,5-14H,4,15-16H2,1-2H3/b14-3+,21-5-. The fraction of sp³-hybridized carbons (Fsp3) is 0.261. The molecule has 0 amide bonds. The summed E-state index contributed by atoms with van der Waals surface area (Å²) < 4.78 is 4.65. The Balaban J connectivity index is 1.80. The molecule has 0 bridgehead atoms. The summed E-state index contributed by atoms with van der Waals surface area (Å²) in [7, 11) is 1.37. The number of methoxy groups -OCH3 is 1. The normalized spacial score (nSPS) is 16.9. The number of carbonyl (C=O) groups excluding carboxylic acids is 1. The number of hydrogen-bond donors (Lipinski definition) is 0. The van der Waals surface area contributed by atoms with Crippen LogP contribution < -0.4 is 0 Å². The van der Waals surface area contributed by atoms with Gasteiger partial charge in [0.2, 0.25) is 0 Å². The van der Waals surface area contributed by atoms with Crippen LogP contribution in [0.4, 0.5) is 0 Å². The van der Waals surface area contributed by atoms with Gasteiger partial charge in [-0.05, 0) is 54.2 Å². The minimum absolute atomic E-state index is 0.0750. The van der Waals surface area contributed by atoms with E-state index in [1.807, 2.05) is 47.8 Å². The summed E-state index contributed by atoms with van der Waals surface area (Å²) >= 11 is 10.4. The third kappa shape index (κ3) is 5.05. The Hall–Kier alpha value is -1.62. The lowest BCUT2D eigenvalue weighted by Crippen LogP contribution is -2.20. The molecule has 3 rings (SSSR count). The van der Waals surface area contributed by atoms with Crippen molar-refractivity contribution in [2.75, 3.05) is 18.6 Å². The first-order chi connectivity index (χ1) is 13.5. The number of carbonyl (C=O) groups is 1. The van der Waals surface area contributed by atoms with Gasteiger partial charge in [0.05, 0.1) is 12.7 Å². The largest absolute Gasteiger partial charge is 0.465 e. The molecule has 1 heterocycles. The Morgan fingerprint density at radius 1 is 1.04 bits per heavy atom. The number of halogens is 1. The summed E-state index contributed by atoms with van der Waals surface area (Å²) in [6.07, 6.45) is 7.44. The van der Waals surface area contributed by atoms with E-state index < -0.39 is 0 Å². The number of allylic oxidation sites excluding steroid dienone is 2. The molecule has 0 unspecified atom stereocenters. The fourth-order valence-corrected chi connectivity index (χ4v) is 6.29. The Kier molecular flexibility index (Phi) is 7.33. The fourth-order valence-electron chi connectivity index (χ4n) is 2.93. The van der Waals surface area contributed by atoms with Gasteiger partial charge in [-0.2, -0.15) is 0 Å². The van der Waals surface area contributed by atoms with Crippen molar-refractivity contribution in [2.45, 2.75) is 17.4 Å². The van der Waals surface area contributed by atoms with Crippen molar-refractivity contribution in [1.82, 2.24) is 0 Å². The molecule has 0 atom stereocenters. The number of thioether (sulfide) groups is 2. The second kappa shape index (κ2) is 9.73. The maximum atomic E-state index is 11.5. The van der Waals surface area contributed by atoms with Crippen LogP contribution in [-0.4, -0.2) is 24.6 Å². The van der Waals surface area contributed by atoms with Crippen LogP contribution >= 0.6 is 35.1 Å². The van der Waals surface area contributed by atoms with Crippen molar-refractivity contribution >= 4 is 46.1 Å². The van der Waals surface area contributed by atoms with E-state index in [2.05, 4.69) is 37.3 Å². The zero-order valence-corrected chi connectivity index (χ0v) is 18.4. The highest BCUT2D eigenvalue weighted by molar-refractivity contribution is 8.18. The Morgan fingerprint density at radius 2 is 1.64 bits per heavy atom. The van der Waals surface area contributed by atoms with E-state index in [0.717, 1.165) is 17.1 Å². The Bertz CT molecular complexity index is 864. The second-order valence-corrected chi connectivity index (χ2v) is 9.87. The van der Waals surface area contributed by atoms with E-state index in [-0.39, 0.29) is 10.0 Å². The molecule has 146 valence electrons. The molecule has 1 fully saturated rings. The lowest BCUT2D eigenvalue weighted by atomic mass is 10.1. The van der Waals surface area contributed by atoms with Crippen LogP contribution in [0.3, 0.4) is 0 Å². The maximum absolute atomic E-state index is 11.5. The first-order valence-electron chi connectivity index (χ1n) is 9.13. The van der Waals surface area contributed by atoms with E-state index in [1.165, 1.54) is 24.7 Å². The van der Waals surface area contributed by atoms with Crippen LogP contribution in [0.15, 0.2) is 66.8 Å². The Labute approximate surface area is 180 Å². The SMILES string of the molecule is COC(=O)c1ccc(/C(Cl)=C/C=C/C2(c3ccc(C)cc3)SCCCS2)cc1. The molecule has 28 heavy (non-hydrogen) atoms. The third-order valence-corrected chi connectivity index (χ3v) is 8.15. The monoisotopic (exact) mass is 430 g/mol. The minimum atomic E-state index is -0.349. The molecular formula is C23H23ClO2S2. The zero-order valence-electron chi connectivity index (χ0n) is 16.0. The minimum Gasteiger partial charge on any atom is -0.465 e. The zero-order chi connectivity index (χ0) is 20.0. The van der Waals surface area contributed by atoms with Crippen LogP contribution in [-0.2, 0) is 8.82 Å². The van der Waals surface area contributed by atoms with Crippen LogP contribution in [0.2, 0.25) is 0 Å². The van der Waals surface area contributed by atoms with Gasteiger partial charge >= 0.3 is 5.97 Å². The number of hydrogen-bond acceptors (Lipinski definition) is 4. The molecule has 2 nitrogen and oxygen atoms in total. The van der Waals surface area contributed by atoms with Gasteiger partial charge < -0.3 is 4.74 Å². The van der Waals surface area contributed by atoms with Gasteiger partial charge in [-0.15, -0.1) is 23.5 Å². The summed E-state index contributed by atoms with van der Waals surface area (Å²) in [5, 5.41) is 0.637. The highest BCUT2D eigenvalue weighted by Gasteiger charge is 2.32. The number of ether oxygens (including phenoxy) is 1. The number of benzene rings is 2. The summed E-state index contributed by atoms with van der Waals surface area (Å²) in [6.45, 7) is 2.11. The molecular weight excluding hydrogens is 408 g/mol. The lowest BCUT2D eigenvalue weighted by molar-refractivity contribution is 0.0600. The average Bonchev–Trinajstić information content (AvgIpc) is 2.74. The molecule has 0 radical (unpaired) electrons. The molecule has 0 saturated carbocycles. The van der Waals surface area contributed by atoms with Crippen LogP contribution in [0, 0.1) is 6.92 Å². The molecule has 1 aliphatic heterocycles. The molecule has 5 heteroatoms. The predicted octanol–water partition coefficient (Wildman–Crippen LogP) is 6.64. The lowest BCUT2D eigenvalue weighted by Gasteiger charge is -2.34. The van der Waals surface area contributed by atoms with Crippen molar-refractivity contribution in [3.63, 3.8) is 0 Å².